The number of nitrogens with zero attached hydrogens (tertiary/aromatic N) is 2. The number of ether oxygens (including phenoxy) is 2. The molecular formula is C20H27N3O3. The predicted octanol–water partition coefficient (Wildman–Crippen LogP) is 3.45. The molecule has 6 nitrogen and oxygen atoms in total. The summed E-state index contributed by atoms with van der Waals surface area (Å²) >= 11 is 0. The van der Waals surface area contributed by atoms with Gasteiger partial charge in [-0.25, -0.2) is 4.98 Å². The van der Waals surface area contributed by atoms with Gasteiger partial charge in [0, 0.05) is 19.8 Å². The summed E-state index contributed by atoms with van der Waals surface area (Å²) in [6.07, 6.45) is 3.68. The SMILES string of the molecule is CCCCN(C)C(=O)c1ccc(NCCOc2ccc(OC)cc2)nc1. The highest BCUT2D eigenvalue weighted by Crippen LogP contribution is 2.16. The lowest BCUT2D eigenvalue weighted by molar-refractivity contribution is 0.0793. The van der Waals surface area contributed by atoms with Crippen molar-refractivity contribution in [3.63, 3.8) is 0 Å². The Hall–Kier alpha value is -2.76. The largest absolute Gasteiger partial charge is 0.497 e. The van der Waals surface area contributed by atoms with Crippen molar-refractivity contribution in [2.75, 3.05) is 39.2 Å². The molecule has 0 radical (unpaired) electrons. The smallest absolute Gasteiger partial charge is 0.255 e. The van der Waals surface area contributed by atoms with Gasteiger partial charge < -0.3 is 19.7 Å². The summed E-state index contributed by atoms with van der Waals surface area (Å²) < 4.78 is 10.8. The summed E-state index contributed by atoms with van der Waals surface area (Å²) in [5.74, 6) is 2.31. The lowest BCUT2D eigenvalue weighted by Gasteiger charge is -2.16. The summed E-state index contributed by atoms with van der Waals surface area (Å²) in [5.41, 5.74) is 0.601. The van der Waals surface area contributed by atoms with E-state index < -0.39 is 0 Å². The number of anilines is 1. The number of rotatable bonds is 10. The third-order valence-corrected chi connectivity index (χ3v) is 3.94. The van der Waals surface area contributed by atoms with Crippen molar-refractivity contribution in [3.05, 3.63) is 48.2 Å². The van der Waals surface area contributed by atoms with Gasteiger partial charge >= 0.3 is 0 Å². The van der Waals surface area contributed by atoms with Gasteiger partial charge in [-0.05, 0) is 42.8 Å². The molecule has 6 heteroatoms. The maximum atomic E-state index is 12.3. The summed E-state index contributed by atoms with van der Waals surface area (Å²) in [7, 11) is 3.45. The summed E-state index contributed by atoms with van der Waals surface area (Å²) in [4.78, 5) is 18.3. The van der Waals surface area contributed by atoms with Gasteiger partial charge in [-0.15, -0.1) is 0 Å². The number of hydrogen-bond donors (Lipinski definition) is 1. The molecule has 2 aromatic rings. The van der Waals surface area contributed by atoms with E-state index in [9.17, 15) is 4.79 Å². The van der Waals surface area contributed by atoms with Crippen LogP contribution < -0.4 is 14.8 Å². The number of pyridine rings is 1. The highest BCUT2D eigenvalue weighted by Gasteiger charge is 2.11. The molecule has 1 N–H and O–H groups in total. The zero-order valence-electron chi connectivity index (χ0n) is 15.7. The van der Waals surface area contributed by atoms with Gasteiger partial charge in [0.15, 0.2) is 0 Å². The minimum atomic E-state index is 0.000314. The summed E-state index contributed by atoms with van der Waals surface area (Å²) in [5, 5.41) is 3.18. The number of benzene rings is 1. The molecule has 0 spiro atoms. The van der Waals surface area contributed by atoms with Gasteiger partial charge in [-0.2, -0.15) is 0 Å². The molecule has 0 unspecified atom stereocenters. The Bertz CT molecular complexity index is 672. The van der Waals surface area contributed by atoms with Crippen molar-refractivity contribution in [2.45, 2.75) is 19.8 Å². The molecular weight excluding hydrogens is 330 g/mol. The van der Waals surface area contributed by atoms with E-state index in [1.165, 1.54) is 0 Å². The van der Waals surface area contributed by atoms with Crippen molar-refractivity contribution < 1.29 is 14.3 Å². The Morgan fingerprint density at radius 1 is 1.15 bits per heavy atom. The van der Waals surface area contributed by atoms with E-state index in [0.29, 0.717) is 18.7 Å². The van der Waals surface area contributed by atoms with Gasteiger partial charge in [-0.1, -0.05) is 13.3 Å². The molecule has 2 rings (SSSR count). The first kappa shape index (κ1) is 19.6. The number of carbonyl (C=O) groups excluding carboxylic acids is 1. The van der Waals surface area contributed by atoms with Crippen LogP contribution in [0.25, 0.3) is 0 Å². The second-order valence-corrected chi connectivity index (χ2v) is 5.96. The van der Waals surface area contributed by atoms with E-state index in [-0.39, 0.29) is 5.91 Å². The quantitative estimate of drug-likeness (QED) is 0.660. The number of amides is 1. The number of methoxy groups -OCH3 is 1. The number of unbranched alkanes of at least 4 members (excludes halogenated alkanes) is 1. The first-order valence-electron chi connectivity index (χ1n) is 8.86. The maximum absolute atomic E-state index is 12.3. The van der Waals surface area contributed by atoms with Crippen LogP contribution in [0.3, 0.4) is 0 Å². The minimum Gasteiger partial charge on any atom is -0.497 e. The molecule has 0 fully saturated rings. The molecule has 1 amide bonds. The van der Waals surface area contributed by atoms with Gasteiger partial charge in [-0.3, -0.25) is 4.79 Å². The summed E-state index contributed by atoms with van der Waals surface area (Å²) in [6, 6.07) is 11.1. The highest BCUT2D eigenvalue weighted by atomic mass is 16.5. The minimum absolute atomic E-state index is 0.000314. The Morgan fingerprint density at radius 3 is 2.50 bits per heavy atom. The average Bonchev–Trinajstić information content (AvgIpc) is 2.69. The number of hydrogen-bond acceptors (Lipinski definition) is 5. The Labute approximate surface area is 155 Å². The molecule has 0 aliphatic rings. The number of carbonyl (C=O) groups is 1. The van der Waals surface area contributed by atoms with Crippen LogP contribution in [-0.2, 0) is 0 Å². The van der Waals surface area contributed by atoms with E-state index in [0.717, 1.165) is 36.7 Å². The standard InChI is InChI=1S/C20H27N3O3/c1-4-5-13-23(2)20(24)16-6-11-19(22-15-16)21-12-14-26-18-9-7-17(25-3)8-10-18/h6-11,15H,4-5,12-14H2,1-3H3,(H,21,22). The van der Waals surface area contributed by atoms with E-state index in [1.54, 1.807) is 24.3 Å². The molecule has 1 heterocycles. The molecule has 26 heavy (non-hydrogen) atoms. The molecule has 0 atom stereocenters. The van der Waals surface area contributed by atoms with Gasteiger partial charge in [0.1, 0.15) is 23.9 Å². The van der Waals surface area contributed by atoms with Gasteiger partial charge in [0.2, 0.25) is 0 Å². The van der Waals surface area contributed by atoms with Crippen LogP contribution in [-0.4, -0.2) is 49.6 Å². The van der Waals surface area contributed by atoms with E-state index in [4.69, 9.17) is 9.47 Å². The third kappa shape index (κ3) is 5.95. The zero-order chi connectivity index (χ0) is 18.8. The fourth-order valence-electron chi connectivity index (χ4n) is 2.36. The van der Waals surface area contributed by atoms with Crippen LogP contribution in [0, 0.1) is 0 Å². The predicted molar refractivity (Wildman–Crippen MR) is 103 cm³/mol. The highest BCUT2D eigenvalue weighted by molar-refractivity contribution is 5.93. The maximum Gasteiger partial charge on any atom is 0.255 e. The zero-order valence-corrected chi connectivity index (χ0v) is 15.7. The molecule has 0 bridgehead atoms. The lowest BCUT2D eigenvalue weighted by atomic mass is 10.2. The Morgan fingerprint density at radius 2 is 1.88 bits per heavy atom. The first-order valence-corrected chi connectivity index (χ1v) is 8.86. The van der Waals surface area contributed by atoms with E-state index in [1.807, 2.05) is 37.4 Å². The Balaban J connectivity index is 1.75. The van der Waals surface area contributed by atoms with E-state index in [2.05, 4.69) is 17.2 Å². The number of nitrogens with one attached hydrogen (secondary N) is 1. The van der Waals surface area contributed by atoms with Crippen molar-refractivity contribution >= 4 is 11.7 Å². The van der Waals surface area contributed by atoms with Crippen LogP contribution in [0.1, 0.15) is 30.1 Å². The van der Waals surface area contributed by atoms with Crippen LogP contribution in [0.15, 0.2) is 42.6 Å². The molecule has 1 aromatic heterocycles. The Kier molecular flexibility index (Phi) is 7.74. The van der Waals surface area contributed by atoms with Crippen LogP contribution in [0.4, 0.5) is 5.82 Å². The normalized spacial score (nSPS) is 10.3. The topological polar surface area (TPSA) is 63.7 Å². The molecule has 0 saturated heterocycles. The molecule has 0 aliphatic carbocycles. The fraction of sp³-hybridized carbons (Fsp3) is 0.400. The molecule has 0 saturated carbocycles. The lowest BCUT2D eigenvalue weighted by Crippen LogP contribution is -2.27. The van der Waals surface area contributed by atoms with E-state index >= 15 is 0 Å². The molecule has 140 valence electrons. The molecule has 0 aliphatic heterocycles. The van der Waals surface area contributed by atoms with Gasteiger partial charge in [0.25, 0.3) is 5.91 Å². The fourth-order valence-corrected chi connectivity index (χ4v) is 2.36. The second kappa shape index (κ2) is 10.3. The third-order valence-electron chi connectivity index (χ3n) is 3.94. The van der Waals surface area contributed by atoms with Gasteiger partial charge in [0.05, 0.1) is 19.2 Å². The number of aromatic nitrogens is 1. The second-order valence-electron chi connectivity index (χ2n) is 5.96. The van der Waals surface area contributed by atoms with Crippen molar-refractivity contribution in [2.24, 2.45) is 0 Å². The van der Waals surface area contributed by atoms with Crippen LogP contribution in [0.2, 0.25) is 0 Å². The van der Waals surface area contributed by atoms with Crippen LogP contribution in [0.5, 0.6) is 11.5 Å². The average molecular weight is 357 g/mol. The monoisotopic (exact) mass is 357 g/mol. The molecule has 1 aromatic carbocycles. The van der Waals surface area contributed by atoms with Crippen molar-refractivity contribution in [1.82, 2.24) is 9.88 Å². The first-order chi connectivity index (χ1) is 12.6. The van der Waals surface area contributed by atoms with Crippen LogP contribution >= 0.6 is 0 Å². The van der Waals surface area contributed by atoms with Crippen molar-refractivity contribution in [3.8, 4) is 11.5 Å². The van der Waals surface area contributed by atoms with Crippen molar-refractivity contribution in [1.29, 1.82) is 0 Å². The summed E-state index contributed by atoms with van der Waals surface area (Å²) in [6.45, 7) is 3.99.